The third-order valence-corrected chi connectivity index (χ3v) is 6.78. The predicted molar refractivity (Wildman–Crippen MR) is 113 cm³/mol. The maximum Gasteiger partial charge on any atom is 0.226 e. The molecular weight excluding hydrogens is 379 g/mol. The second-order valence-corrected chi connectivity index (χ2v) is 8.55. The lowest BCUT2D eigenvalue weighted by atomic mass is 9.81. The molecule has 5 heteroatoms. The number of hydrogen-bond acceptors (Lipinski definition) is 3. The molecular formula is C25H25FN2O2. The Morgan fingerprint density at radius 2 is 1.93 bits per heavy atom. The largest absolute Gasteiger partial charge is 0.394 e. The third-order valence-electron chi connectivity index (χ3n) is 6.78. The molecule has 1 saturated heterocycles. The molecule has 3 aliphatic rings. The zero-order chi connectivity index (χ0) is 20.7. The molecule has 30 heavy (non-hydrogen) atoms. The molecule has 2 aromatic carbocycles. The molecule has 0 radical (unpaired) electrons. The van der Waals surface area contributed by atoms with Crippen LogP contribution in [-0.4, -0.2) is 35.1 Å². The SMILES string of the molecule is O=C(C1CCC1)N1CC[C@@H]2[C@@H](CO)Nc3ccc(C#Cc4cccc(F)c4)cc3[C@@H]21. The number of halogens is 1. The van der Waals surface area contributed by atoms with Crippen molar-refractivity contribution < 1.29 is 14.3 Å². The molecule has 1 aliphatic carbocycles. The summed E-state index contributed by atoms with van der Waals surface area (Å²) in [5, 5.41) is 13.4. The fraction of sp³-hybridized carbons (Fsp3) is 0.400. The summed E-state index contributed by atoms with van der Waals surface area (Å²) in [7, 11) is 0. The Labute approximate surface area is 176 Å². The van der Waals surface area contributed by atoms with Crippen molar-refractivity contribution in [3.63, 3.8) is 0 Å². The highest BCUT2D eigenvalue weighted by Crippen LogP contribution is 2.48. The molecule has 2 aromatic rings. The first-order chi connectivity index (χ1) is 14.6. The van der Waals surface area contributed by atoms with E-state index < -0.39 is 0 Å². The summed E-state index contributed by atoms with van der Waals surface area (Å²) in [5.74, 6) is 6.47. The Morgan fingerprint density at radius 3 is 2.63 bits per heavy atom. The molecule has 2 fully saturated rings. The van der Waals surface area contributed by atoms with Crippen LogP contribution >= 0.6 is 0 Å². The third kappa shape index (κ3) is 3.36. The summed E-state index contributed by atoms with van der Waals surface area (Å²) in [6.07, 6.45) is 4.00. The van der Waals surface area contributed by atoms with Gasteiger partial charge in [0, 0.05) is 35.2 Å². The molecule has 0 spiro atoms. The van der Waals surface area contributed by atoms with E-state index in [1.807, 2.05) is 23.1 Å². The van der Waals surface area contributed by atoms with Gasteiger partial charge in [-0.2, -0.15) is 0 Å². The van der Waals surface area contributed by atoms with Crippen LogP contribution in [0.4, 0.5) is 10.1 Å². The number of anilines is 1. The van der Waals surface area contributed by atoms with Crippen molar-refractivity contribution in [1.29, 1.82) is 0 Å². The Kier molecular flexibility index (Phi) is 4.96. The first kappa shape index (κ1) is 19.1. The number of likely N-dealkylation sites (tertiary alicyclic amines) is 1. The zero-order valence-corrected chi connectivity index (χ0v) is 16.8. The van der Waals surface area contributed by atoms with E-state index in [2.05, 4.69) is 17.2 Å². The Bertz CT molecular complexity index is 1040. The maximum absolute atomic E-state index is 13.4. The molecule has 0 aromatic heterocycles. The number of benzene rings is 2. The van der Waals surface area contributed by atoms with Crippen molar-refractivity contribution in [2.75, 3.05) is 18.5 Å². The van der Waals surface area contributed by atoms with Gasteiger partial charge in [0.2, 0.25) is 5.91 Å². The lowest BCUT2D eigenvalue weighted by Gasteiger charge is -2.41. The van der Waals surface area contributed by atoms with Crippen molar-refractivity contribution in [2.45, 2.75) is 37.8 Å². The van der Waals surface area contributed by atoms with Crippen molar-refractivity contribution in [3.8, 4) is 11.8 Å². The number of rotatable bonds is 2. The number of aliphatic hydroxyl groups excluding tert-OH is 1. The minimum absolute atomic E-state index is 0.0255. The van der Waals surface area contributed by atoms with Gasteiger partial charge in [-0.15, -0.1) is 0 Å². The number of nitrogens with zero attached hydrogens (tertiary/aromatic N) is 1. The van der Waals surface area contributed by atoms with Gasteiger partial charge in [-0.05, 0) is 61.2 Å². The van der Waals surface area contributed by atoms with Crippen LogP contribution in [0.15, 0.2) is 42.5 Å². The molecule has 5 rings (SSSR count). The fourth-order valence-corrected chi connectivity index (χ4v) is 4.99. The standard InChI is InChI=1S/C25H25FN2O2/c26-19-6-1-3-16(13-19)7-8-17-9-10-22-21(14-17)24-20(23(15-29)27-22)11-12-28(24)25(30)18-4-2-5-18/h1,3,6,9-10,13-14,18,20,23-24,27,29H,2,4-5,11-12,15H2/t20-,23-,24-/m1/s1. The van der Waals surface area contributed by atoms with Crippen LogP contribution in [0.25, 0.3) is 0 Å². The normalized spacial score (nSPS) is 24.7. The second kappa shape index (κ2) is 7.77. The van der Waals surface area contributed by atoms with E-state index in [0.29, 0.717) is 5.56 Å². The number of amides is 1. The van der Waals surface area contributed by atoms with Crippen LogP contribution in [0, 0.1) is 29.5 Å². The van der Waals surface area contributed by atoms with Crippen molar-refractivity contribution in [3.05, 3.63) is 65.0 Å². The van der Waals surface area contributed by atoms with Crippen molar-refractivity contribution >= 4 is 11.6 Å². The molecule has 4 nitrogen and oxygen atoms in total. The van der Waals surface area contributed by atoms with Gasteiger partial charge in [0.1, 0.15) is 5.82 Å². The van der Waals surface area contributed by atoms with Gasteiger partial charge in [0.25, 0.3) is 0 Å². The summed E-state index contributed by atoms with van der Waals surface area (Å²) in [5.41, 5.74) is 3.50. The first-order valence-electron chi connectivity index (χ1n) is 10.7. The van der Waals surface area contributed by atoms with E-state index in [9.17, 15) is 14.3 Å². The van der Waals surface area contributed by atoms with Crippen molar-refractivity contribution in [2.24, 2.45) is 11.8 Å². The van der Waals surface area contributed by atoms with Gasteiger partial charge in [-0.1, -0.05) is 24.3 Å². The molecule has 154 valence electrons. The number of aliphatic hydroxyl groups is 1. The zero-order valence-electron chi connectivity index (χ0n) is 16.8. The first-order valence-corrected chi connectivity index (χ1v) is 10.7. The summed E-state index contributed by atoms with van der Waals surface area (Å²) in [6.45, 7) is 0.786. The van der Waals surface area contributed by atoms with Crippen LogP contribution in [-0.2, 0) is 4.79 Å². The van der Waals surface area contributed by atoms with Gasteiger partial charge >= 0.3 is 0 Å². The van der Waals surface area contributed by atoms with Gasteiger partial charge in [0.15, 0.2) is 0 Å². The summed E-state index contributed by atoms with van der Waals surface area (Å²) in [6, 6.07) is 12.1. The molecule has 3 atom stereocenters. The molecule has 1 saturated carbocycles. The molecule has 0 unspecified atom stereocenters. The number of hydrogen-bond donors (Lipinski definition) is 2. The lowest BCUT2D eigenvalue weighted by molar-refractivity contribution is -0.139. The van der Waals surface area contributed by atoms with Gasteiger partial charge < -0.3 is 15.3 Å². The van der Waals surface area contributed by atoms with E-state index in [-0.39, 0.29) is 42.3 Å². The average molecular weight is 404 g/mol. The minimum Gasteiger partial charge on any atom is -0.394 e. The fourth-order valence-electron chi connectivity index (χ4n) is 4.99. The van der Waals surface area contributed by atoms with E-state index in [4.69, 9.17) is 0 Å². The van der Waals surface area contributed by atoms with E-state index >= 15 is 0 Å². The van der Waals surface area contributed by atoms with Crippen LogP contribution < -0.4 is 5.32 Å². The molecule has 0 bridgehead atoms. The number of fused-ring (bicyclic) bond motifs is 3. The highest BCUT2D eigenvalue weighted by molar-refractivity contribution is 5.81. The number of carbonyl (C=O) groups is 1. The Morgan fingerprint density at radius 1 is 1.13 bits per heavy atom. The molecule has 1 amide bonds. The molecule has 2 heterocycles. The van der Waals surface area contributed by atoms with Gasteiger partial charge in [0.05, 0.1) is 18.7 Å². The average Bonchev–Trinajstić information content (AvgIpc) is 3.16. The summed E-state index contributed by atoms with van der Waals surface area (Å²) in [4.78, 5) is 15.1. The minimum atomic E-state index is -0.301. The summed E-state index contributed by atoms with van der Waals surface area (Å²) >= 11 is 0. The van der Waals surface area contributed by atoms with Crippen LogP contribution in [0.5, 0.6) is 0 Å². The smallest absolute Gasteiger partial charge is 0.226 e. The molecule has 2 N–H and O–H groups in total. The van der Waals surface area contributed by atoms with Crippen LogP contribution in [0.2, 0.25) is 0 Å². The Balaban J connectivity index is 1.49. The predicted octanol–water partition coefficient (Wildman–Crippen LogP) is 3.70. The lowest BCUT2D eigenvalue weighted by Crippen LogP contribution is -2.45. The van der Waals surface area contributed by atoms with E-state index in [1.54, 1.807) is 12.1 Å². The quantitative estimate of drug-likeness (QED) is 0.751. The highest BCUT2D eigenvalue weighted by atomic mass is 19.1. The highest BCUT2D eigenvalue weighted by Gasteiger charge is 2.47. The van der Waals surface area contributed by atoms with E-state index in [1.165, 1.54) is 12.1 Å². The van der Waals surface area contributed by atoms with Gasteiger partial charge in [-0.25, -0.2) is 4.39 Å². The maximum atomic E-state index is 13.4. The summed E-state index contributed by atoms with van der Waals surface area (Å²) < 4.78 is 13.4. The van der Waals surface area contributed by atoms with Crippen LogP contribution in [0.3, 0.4) is 0 Å². The van der Waals surface area contributed by atoms with Gasteiger partial charge in [-0.3, -0.25) is 4.79 Å². The molecule has 2 aliphatic heterocycles. The van der Waals surface area contributed by atoms with E-state index in [0.717, 1.165) is 49.0 Å². The van der Waals surface area contributed by atoms with Crippen molar-refractivity contribution in [1.82, 2.24) is 4.90 Å². The number of carbonyl (C=O) groups excluding carboxylic acids is 1. The number of nitrogens with one attached hydrogen (secondary N) is 1. The monoisotopic (exact) mass is 404 g/mol. The second-order valence-electron chi connectivity index (χ2n) is 8.55. The van der Waals surface area contributed by atoms with Crippen LogP contribution in [0.1, 0.15) is 48.4 Å². The topological polar surface area (TPSA) is 52.6 Å². The Hall–Kier alpha value is -2.84.